The summed E-state index contributed by atoms with van der Waals surface area (Å²) in [6.45, 7) is 3.27. The van der Waals surface area contributed by atoms with Gasteiger partial charge < -0.3 is 50.5 Å². The number of allylic oxidation sites excluding steroid dienone is 4. The predicted molar refractivity (Wildman–Crippen MR) is 182 cm³/mol. The van der Waals surface area contributed by atoms with E-state index in [1.807, 2.05) is 6.08 Å². The normalized spacial score (nSPS) is 24.5. The van der Waals surface area contributed by atoms with Gasteiger partial charge in [0.2, 0.25) is 5.91 Å². The average molecular weight is 674 g/mol. The average Bonchev–Trinajstić information content (AvgIpc) is 3.07. The number of ether oxygens (including phenoxy) is 2. The number of aliphatic hydroxyl groups excluding tert-OH is 7. The highest BCUT2D eigenvalue weighted by Crippen LogP contribution is 2.23. The Balaban J connectivity index is 2.65. The number of aliphatic hydroxyl groups is 7. The van der Waals surface area contributed by atoms with Gasteiger partial charge in [0, 0.05) is 0 Å². The predicted octanol–water partition coefficient (Wildman–Crippen LogP) is 3.54. The molecule has 1 aliphatic rings. The van der Waals surface area contributed by atoms with Crippen molar-refractivity contribution in [1.29, 1.82) is 0 Å². The lowest BCUT2D eigenvalue weighted by Crippen LogP contribution is -2.60. The van der Waals surface area contributed by atoms with Gasteiger partial charge >= 0.3 is 0 Å². The minimum atomic E-state index is -1.66. The van der Waals surface area contributed by atoms with E-state index in [1.54, 1.807) is 0 Å². The second-order valence-electron chi connectivity index (χ2n) is 12.9. The number of amides is 1. The first kappa shape index (κ1) is 43.6. The van der Waals surface area contributed by atoms with Crippen molar-refractivity contribution in [2.45, 2.75) is 184 Å². The maximum atomic E-state index is 12.9. The van der Waals surface area contributed by atoms with Crippen LogP contribution in [0.15, 0.2) is 24.3 Å². The molecule has 1 saturated heterocycles. The van der Waals surface area contributed by atoms with Crippen molar-refractivity contribution in [2.24, 2.45) is 0 Å². The Morgan fingerprint density at radius 3 is 1.89 bits per heavy atom. The van der Waals surface area contributed by atoms with Gasteiger partial charge in [0.25, 0.3) is 0 Å². The van der Waals surface area contributed by atoms with E-state index < -0.39 is 74.2 Å². The van der Waals surface area contributed by atoms with Crippen molar-refractivity contribution in [3.05, 3.63) is 24.3 Å². The molecule has 1 aliphatic heterocycles. The molecule has 1 amide bonds. The summed E-state index contributed by atoms with van der Waals surface area (Å²) in [5, 5.41) is 74.9. The lowest BCUT2D eigenvalue weighted by atomic mass is 9.98. The molecule has 0 radical (unpaired) electrons. The molecule has 11 heteroatoms. The van der Waals surface area contributed by atoms with E-state index >= 15 is 0 Å². The Bertz CT molecular complexity index is 826. The smallest absolute Gasteiger partial charge is 0.249 e. The van der Waals surface area contributed by atoms with E-state index in [2.05, 4.69) is 37.4 Å². The van der Waals surface area contributed by atoms with E-state index in [1.165, 1.54) is 38.5 Å². The van der Waals surface area contributed by atoms with Crippen LogP contribution < -0.4 is 5.32 Å². The monoisotopic (exact) mass is 673 g/mol. The zero-order chi connectivity index (χ0) is 34.9. The zero-order valence-corrected chi connectivity index (χ0v) is 29.0. The van der Waals surface area contributed by atoms with Crippen molar-refractivity contribution in [3.63, 3.8) is 0 Å². The van der Waals surface area contributed by atoms with Crippen LogP contribution in [-0.2, 0) is 14.3 Å². The van der Waals surface area contributed by atoms with Crippen molar-refractivity contribution in [2.75, 3.05) is 13.2 Å². The second kappa shape index (κ2) is 27.4. The molecule has 8 N–H and O–H groups in total. The standard InChI is InChI=1S/C36H67NO10/c1-3-5-7-9-11-13-15-17-19-21-23-28(39)31(41)27(26-46-36-34(44)33(43)32(42)30(25-38)47-36)37-35(45)29(40)24-22-20-18-16-14-12-10-8-6-4-2/h7,9,15,17,27-34,36,38-44H,3-6,8,10-14,16,18-26H2,1-2H3,(H,37,45)/b9-7+,17-15+. The van der Waals surface area contributed by atoms with Crippen molar-refractivity contribution >= 4 is 5.91 Å². The molecule has 0 aromatic rings. The summed E-state index contributed by atoms with van der Waals surface area (Å²) in [5.74, 6) is -0.717. The highest BCUT2D eigenvalue weighted by atomic mass is 16.7. The molecule has 0 spiro atoms. The van der Waals surface area contributed by atoms with Gasteiger partial charge in [-0.15, -0.1) is 0 Å². The van der Waals surface area contributed by atoms with Gasteiger partial charge in [0.15, 0.2) is 6.29 Å². The van der Waals surface area contributed by atoms with Gasteiger partial charge in [-0.1, -0.05) is 109 Å². The largest absolute Gasteiger partial charge is 0.394 e. The van der Waals surface area contributed by atoms with Crippen molar-refractivity contribution < 1.29 is 50.0 Å². The molecule has 11 nitrogen and oxygen atoms in total. The number of hydrogen-bond donors (Lipinski definition) is 8. The van der Waals surface area contributed by atoms with Crippen LogP contribution in [0, 0.1) is 0 Å². The van der Waals surface area contributed by atoms with Crippen LogP contribution in [0.1, 0.15) is 129 Å². The number of hydrogen-bond acceptors (Lipinski definition) is 10. The quantitative estimate of drug-likeness (QED) is 0.0451. The first-order chi connectivity index (χ1) is 22.7. The Labute approximate surface area is 283 Å². The summed E-state index contributed by atoms with van der Waals surface area (Å²) in [7, 11) is 0. The second-order valence-corrected chi connectivity index (χ2v) is 12.9. The number of carbonyl (C=O) groups is 1. The van der Waals surface area contributed by atoms with Crippen molar-refractivity contribution in [1.82, 2.24) is 5.32 Å². The minimum absolute atomic E-state index is 0.246. The van der Waals surface area contributed by atoms with E-state index in [0.29, 0.717) is 19.3 Å². The maximum absolute atomic E-state index is 12.9. The number of nitrogens with one attached hydrogen (secondary N) is 1. The molecule has 1 rings (SSSR count). The van der Waals surface area contributed by atoms with Crippen molar-refractivity contribution in [3.8, 4) is 0 Å². The van der Waals surface area contributed by atoms with Crippen LogP contribution >= 0.6 is 0 Å². The third kappa shape index (κ3) is 18.8. The molecular weight excluding hydrogens is 606 g/mol. The molecule has 0 aliphatic carbocycles. The van der Waals surface area contributed by atoms with Gasteiger partial charge in [-0.25, -0.2) is 0 Å². The van der Waals surface area contributed by atoms with Crippen LogP contribution in [0.25, 0.3) is 0 Å². The van der Waals surface area contributed by atoms with Gasteiger partial charge in [-0.05, 0) is 44.9 Å². The molecule has 1 fully saturated rings. The maximum Gasteiger partial charge on any atom is 0.249 e. The SMILES string of the molecule is CCC/C=C/CC/C=C/CCCC(O)C(O)C(COC1OC(CO)C(O)C(O)C1O)NC(=O)C(O)CCCCCCCCCCCC. The molecule has 9 atom stereocenters. The summed E-state index contributed by atoms with van der Waals surface area (Å²) >= 11 is 0. The summed E-state index contributed by atoms with van der Waals surface area (Å²) in [6, 6.07) is -1.18. The Hall–Kier alpha value is -1.41. The molecule has 1 heterocycles. The molecule has 0 bridgehead atoms. The van der Waals surface area contributed by atoms with Gasteiger partial charge in [-0.2, -0.15) is 0 Å². The number of carbonyl (C=O) groups excluding carboxylic acids is 1. The van der Waals surface area contributed by atoms with E-state index in [-0.39, 0.29) is 12.8 Å². The molecule has 9 unspecified atom stereocenters. The van der Waals surface area contributed by atoms with Crippen LogP contribution in [0.3, 0.4) is 0 Å². The fourth-order valence-corrected chi connectivity index (χ4v) is 5.58. The van der Waals surface area contributed by atoms with E-state index in [9.17, 15) is 40.5 Å². The lowest BCUT2D eigenvalue weighted by Gasteiger charge is -2.40. The first-order valence-electron chi connectivity index (χ1n) is 18.2. The number of rotatable bonds is 28. The van der Waals surface area contributed by atoms with Crippen LogP contribution in [0.5, 0.6) is 0 Å². The Kier molecular flexibility index (Phi) is 25.4. The van der Waals surface area contributed by atoms with Crippen LogP contribution in [0.2, 0.25) is 0 Å². The fraction of sp³-hybridized carbons (Fsp3) is 0.861. The third-order valence-electron chi connectivity index (χ3n) is 8.72. The highest BCUT2D eigenvalue weighted by Gasteiger charge is 2.44. The third-order valence-corrected chi connectivity index (χ3v) is 8.72. The summed E-state index contributed by atoms with van der Waals surface area (Å²) < 4.78 is 11.0. The molecule has 0 aromatic carbocycles. The Morgan fingerprint density at radius 2 is 1.30 bits per heavy atom. The van der Waals surface area contributed by atoms with E-state index in [0.717, 1.165) is 44.9 Å². The molecule has 0 saturated carbocycles. The summed E-state index contributed by atoms with van der Waals surface area (Å²) in [5.41, 5.74) is 0. The topological polar surface area (TPSA) is 189 Å². The van der Waals surface area contributed by atoms with Gasteiger partial charge in [0.05, 0.1) is 25.4 Å². The van der Waals surface area contributed by atoms with Crippen LogP contribution in [0.4, 0.5) is 0 Å². The molecule has 0 aromatic heterocycles. The van der Waals surface area contributed by atoms with Crippen LogP contribution in [-0.4, -0.2) is 110 Å². The minimum Gasteiger partial charge on any atom is -0.394 e. The van der Waals surface area contributed by atoms with Gasteiger partial charge in [-0.3, -0.25) is 4.79 Å². The van der Waals surface area contributed by atoms with E-state index in [4.69, 9.17) is 9.47 Å². The summed E-state index contributed by atoms with van der Waals surface area (Å²) in [6.07, 6.45) is 14.1. The molecular formula is C36H67NO10. The fourth-order valence-electron chi connectivity index (χ4n) is 5.58. The zero-order valence-electron chi connectivity index (χ0n) is 29.0. The first-order valence-corrected chi connectivity index (χ1v) is 18.2. The highest BCUT2D eigenvalue weighted by molar-refractivity contribution is 5.80. The van der Waals surface area contributed by atoms with Gasteiger partial charge in [0.1, 0.15) is 36.6 Å². The molecule has 47 heavy (non-hydrogen) atoms. The Morgan fingerprint density at radius 1 is 0.723 bits per heavy atom. The lowest BCUT2D eigenvalue weighted by molar-refractivity contribution is -0.303. The number of unbranched alkanes of at least 4 members (excludes halogenated alkanes) is 12. The summed E-state index contributed by atoms with van der Waals surface area (Å²) in [4.78, 5) is 12.9. The molecule has 276 valence electrons.